The van der Waals surface area contributed by atoms with Crippen LogP contribution < -0.4 is 5.32 Å². The fourth-order valence-electron chi connectivity index (χ4n) is 5.50. The molecule has 244 valence electrons. The van der Waals surface area contributed by atoms with Crippen LogP contribution in [0.25, 0.3) is 5.57 Å². The van der Waals surface area contributed by atoms with Crippen LogP contribution in [0.1, 0.15) is 85.0 Å². The van der Waals surface area contributed by atoms with E-state index in [-0.39, 0.29) is 11.8 Å². The number of nitrogens with one attached hydrogen (secondary N) is 1. The summed E-state index contributed by atoms with van der Waals surface area (Å²) in [5.41, 5.74) is 14.4. The second-order valence-electron chi connectivity index (χ2n) is 12.4. The van der Waals surface area contributed by atoms with Gasteiger partial charge in [-0.05, 0) is 116 Å². The van der Waals surface area contributed by atoms with Gasteiger partial charge in [-0.3, -0.25) is 9.79 Å². The summed E-state index contributed by atoms with van der Waals surface area (Å²) in [5, 5.41) is 3.15. The number of aliphatic imine (C=N–C) groups is 1. The maximum atomic E-state index is 13.2. The van der Waals surface area contributed by atoms with Gasteiger partial charge in [-0.15, -0.1) is 0 Å². The molecule has 4 aromatic carbocycles. The molecular weight excluding hydrogens is 572 g/mol. The van der Waals surface area contributed by atoms with Crippen LogP contribution >= 0.6 is 0 Å². The van der Waals surface area contributed by atoms with E-state index in [1.165, 1.54) is 39.0 Å². The molecule has 47 heavy (non-hydrogen) atoms. The molecule has 3 heteroatoms. The van der Waals surface area contributed by atoms with Gasteiger partial charge in [0.05, 0.1) is 5.92 Å². The third-order valence-electron chi connectivity index (χ3n) is 8.38. The largest absolute Gasteiger partial charge is 0.351 e. The number of allylic oxidation sites excluding steroid dienone is 6. The molecule has 0 aliphatic rings. The summed E-state index contributed by atoms with van der Waals surface area (Å²) in [7, 11) is 1.80. The number of carbonyl (C=O) groups is 1. The molecule has 0 aliphatic heterocycles. The molecule has 0 bridgehead atoms. The van der Waals surface area contributed by atoms with Gasteiger partial charge >= 0.3 is 0 Å². The summed E-state index contributed by atoms with van der Waals surface area (Å²) in [4.78, 5) is 17.3. The maximum Gasteiger partial charge on any atom is 0.232 e. The number of amides is 1. The molecule has 0 fully saturated rings. The highest BCUT2D eigenvalue weighted by Crippen LogP contribution is 2.30. The van der Waals surface area contributed by atoms with E-state index in [2.05, 4.69) is 151 Å². The van der Waals surface area contributed by atoms with Crippen molar-refractivity contribution in [1.29, 1.82) is 0 Å². The molecule has 0 atom stereocenters. The van der Waals surface area contributed by atoms with Crippen molar-refractivity contribution >= 4 is 17.7 Å². The lowest BCUT2D eigenvalue weighted by Crippen LogP contribution is -2.30. The first-order valence-electron chi connectivity index (χ1n) is 16.5. The summed E-state index contributed by atoms with van der Waals surface area (Å²) in [6.45, 7) is 17.5. The third kappa shape index (κ3) is 10.9. The predicted molar refractivity (Wildman–Crippen MR) is 203 cm³/mol. The first-order valence-corrected chi connectivity index (χ1v) is 16.5. The molecule has 1 amide bonds. The van der Waals surface area contributed by atoms with Crippen LogP contribution in [0.5, 0.6) is 0 Å². The Kier molecular flexibility index (Phi) is 14.4. The topological polar surface area (TPSA) is 41.5 Å². The lowest BCUT2D eigenvalue weighted by atomic mass is 9.85. The minimum Gasteiger partial charge on any atom is -0.351 e. The van der Waals surface area contributed by atoms with E-state index < -0.39 is 0 Å². The van der Waals surface area contributed by atoms with E-state index in [1.54, 1.807) is 7.05 Å². The Morgan fingerprint density at radius 2 is 1.19 bits per heavy atom. The monoisotopic (exact) mass is 624 g/mol. The van der Waals surface area contributed by atoms with Crippen molar-refractivity contribution in [2.24, 2.45) is 4.99 Å². The van der Waals surface area contributed by atoms with Crippen LogP contribution in [-0.4, -0.2) is 19.2 Å². The number of hydrogen-bond acceptors (Lipinski definition) is 2. The molecule has 1 N–H and O–H groups in total. The summed E-state index contributed by atoms with van der Waals surface area (Å²) in [5.74, 6) is -0.263. The summed E-state index contributed by atoms with van der Waals surface area (Å²) >= 11 is 0. The number of hydrogen-bond donors (Lipinski definition) is 1. The van der Waals surface area contributed by atoms with Crippen molar-refractivity contribution in [2.75, 3.05) is 7.05 Å². The van der Waals surface area contributed by atoms with Gasteiger partial charge in [0, 0.05) is 19.8 Å². The summed E-state index contributed by atoms with van der Waals surface area (Å²) in [6.07, 6.45) is 7.41. The minimum atomic E-state index is -0.303. The first-order chi connectivity index (χ1) is 22.5. The molecule has 0 saturated heterocycles. The number of carbonyl (C=O) groups excluding carboxylic acids is 1. The quantitative estimate of drug-likeness (QED) is 0.138. The minimum absolute atomic E-state index is 0.0400. The standard InChI is InChI=1S/C25H27NO.C19H25N/c1-4-20-13-15-21(16-14-20)17-26-25(27)24(22-11-7-5-9-18(22)2)23-12-8-6-10-19(23)3;1-14(2)11-18(12-16(4)17(5)13-20-6)19-10-8-7-9-15(19)3/h5-16,24H,4,17H2,1-3H3,(H,26,27);7-13H,1-6H3/b;17-16+,18-12+,20-13?. The first kappa shape index (κ1) is 36.7. The smallest absolute Gasteiger partial charge is 0.232 e. The average molecular weight is 625 g/mol. The molecule has 0 saturated carbocycles. The second kappa shape index (κ2) is 18.4. The molecule has 4 aromatic rings. The van der Waals surface area contributed by atoms with Crippen LogP contribution in [-0.2, 0) is 17.8 Å². The van der Waals surface area contributed by atoms with Gasteiger partial charge in [-0.25, -0.2) is 0 Å². The van der Waals surface area contributed by atoms with Gasteiger partial charge in [0.1, 0.15) is 0 Å². The molecule has 0 aromatic heterocycles. The number of aryl methyl sites for hydroxylation is 4. The zero-order valence-corrected chi connectivity index (χ0v) is 29.8. The third-order valence-corrected chi connectivity index (χ3v) is 8.38. The van der Waals surface area contributed by atoms with Crippen molar-refractivity contribution in [1.82, 2.24) is 5.32 Å². The van der Waals surface area contributed by atoms with Gasteiger partial charge in [0.2, 0.25) is 5.91 Å². The number of benzene rings is 4. The Hall–Kier alpha value is -4.76. The maximum absolute atomic E-state index is 13.2. The van der Waals surface area contributed by atoms with E-state index >= 15 is 0 Å². The van der Waals surface area contributed by atoms with Crippen LogP contribution in [0, 0.1) is 20.8 Å². The molecule has 0 heterocycles. The average Bonchev–Trinajstić information content (AvgIpc) is 3.06. The zero-order chi connectivity index (χ0) is 34.3. The van der Waals surface area contributed by atoms with Gasteiger partial charge in [0.25, 0.3) is 0 Å². The Balaban J connectivity index is 0.000000268. The zero-order valence-electron chi connectivity index (χ0n) is 29.8. The van der Waals surface area contributed by atoms with E-state index in [1.807, 2.05) is 30.5 Å². The van der Waals surface area contributed by atoms with Gasteiger partial charge < -0.3 is 5.32 Å². The molecule has 0 aliphatic carbocycles. The number of rotatable bonds is 10. The number of nitrogens with zero attached hydrogens (tertiary/aromatic N) is 1. The highest BCUT2D eigenvalue weighted by atomic mass is 16.1. The van der Waals surface area contributed by atoms with Crippen molar-refractivity contribution < 1.29 is 4.79 Å². The molecule has 3 nitrogen and oxygen atoms in total. The van der Waals surface area contributed by atoms with E-state index in [4.69, 9.17) is 0 Å². The van der Waals surface area contributed by atoms with Gasteiger partial charge in [0.15, 0.2) is 0 Å². The van der Waals surface area contributed by atoms with Crippen molar-refractivity contribution in [3.63, 3.8) is 0 Å². The molecule has 0 unspecified atom stereocenters. The van der Waals surface area contributed by atoms with Crippen LogP contribution in [0.2, 0.25) is 0 Å². The van der Waals surface area contributed by atoms with E-state index in [0.29, 0.717) is 6.54 Å². The lowest BCUT2D eigenvalue weighted by Gasteiger charge is -2.21. The predicted octanol–water partition coefficient (Wildman–Crippen LogP) is 10.7. The molecule has 0 radical (unpaired) electrons. The summed E-state index contributed by atoms with van der Waals surface area (Å²) < 4.78 is 0. The fourth-order valence-corrected chi connectivity index (χ4v) is 5.50. The molecule has 4 rings (SSSR count). The van der Waals surface area contributed by atoms with Crippen LogP contribution in [0.4, 0.5) is 0 Å². The van der Waals surface area contributed by atoms with Crippen molar-refractivity contribution in [3.05, 3.63) is 170 Å². The van der Waals surface area contributed by atoms with Crippen molar-refractivity contribution in [3.8, 4) is 0 Å². The Labute approximate surface area is 283 Å². The van der Waals surface area contributed by atoms with Gasteiger partial charge in [-0.2, -0.15) is 0 Å². The van der Waals surface area contributed by atoms with Crippen LogP contribution in [0.15, 0.2) is 131 Å². The SMILES string of the molecule is CCc1ccc(CNC(=O)C(c2ccccc2C)c2ccccc2C)cc1.CN=C/C(C)=C(C)/C=C(\C=C(C)C)c1ccccc1C. The highest BCUT2D eigenvalue weighted by molar-refractivity contribution is 5.88. The van der Waals surface area contributed by atoms with E-state index in [9.17, 15) is 4.79 Å². The fraction of sp³-hybridized carbons (Fsp3) is 0.273. The van der Waals surface area contributed by atoms with Crippen molar-refractivity contribution in [2.45, 2.75) is 74.3 Å². The molecule has 0 spiro atoms. The van der Waals surface area contributed by atoms with E-state index in [0.717, 1.165) is 34.2 Å². The Bertz CT molecular complexity index is 1700. The normalized spacial score (nSPS) is 11.9. The highest BCUT2D eigenvalue weighted by Gasteiger charge is 2.25. The van der Waals surface area contributed by atoms with Crippen LogP contribution in [0.3, 0.4) is 0 Å². The second-order valence-corrected chi connectivity index (χ2v) is 12.4. The Morgan fingerprint density at radius 1 is 0.681 bits per heavy atom. The Morgan fingerprint density at radius 3 is 1.68 bits per heavy atom. The summed E-state index contributed by atoms with van der Waals surface area (Å²) in [6, 6.07) is 33.2. The molecular formula is C44H52N2O. The van der Waals surface area contributed by atoms with Gasteiger partial charge in [-0.1, -0.05) is 122 Å². The lowest BCUT2D eigenvalue weighted by molar-refractivity contribution is -0.121.